The molecule has 1 fully saturated rings. The van der Waals surface area contributed by atoms with Crippen LogP contribution in [0, 0.1) is 12.7 Å². The summed E-state index contributed by atoms with van der Waals surface area (Å²) < 4.78 is 13.1. The molecule has 0 aliphatic heterocycles. The Morgan fingerprint density at radius 1 is 1.16 bits per heavy atom. The first-order valence-electron chi connectivity index (χ1n) is 9.18. The highest BCUT2D eigenvalue weighted by molar-refractivity contribution is 5.52. The maximum absolute atomic E-state index is 13.1. The monoisotopic (exact) mass is 341 g/mol. The minimum atomic E-state index is -0.657. The molecule has 1 heterocycles. The van der Waals surface area contributed by atoms with Crippen LogP contribution in [-0.4, -0.2) is 27.7 Å². The van der Waals surface area contributed by atoms with E-state index in [2.05, 4.69) is 9.88 Å². The van der Waals surface area contributed by atoms with Crippen LogP contribution in [0.3, 0.4) is 0 Å². The zero-order valence-electron chi connectivity index (χ0n) is 14.6. The molecule has 4 nitrogen and oxygen atoms in total. The molecular formula is C20H24FN3O. The van der Waals surface area contributed by atoms with E-state index in [-0.39, 0.29) is 5.82 Å². The molecule has 4 rings (SSSR count). The van der Waals surface area contributed by atoms with Gasteiger partial charge < -0.3 is 10.0 Å². The van der Waals surface area contributed by atoms with Crippen molar-refractivity contribution in [3.63, 3.8) is 0 Å². The van der Waals surface area contributed by atoms with Crippen LogP contribution < -0.4 is 4.90 Å². The predicted molar refractivity (Wildman–Crippen MR) is 95.1 cm³/mol. The van der Waals surface area contributed by atoms with Crippen molar-refractivity contribution in [1.82, 2.24) is 9.97 Å². The number of aliphatic hydroxyl groups is 1. The number of aryl methyl sites for hydroxylation is 2. The highest BCUT2D eigenvalue weighted by Crippen LogP contribution is 2.36. The average Bonchev–Trinajstić information content (AvgIpc) is 3.44. The number of benzene rings is 1. The van der Waals surface area contributed by atoms with Crippen molar-refractivity contribution < 1.29 is 9.50 Å². The zero-order valence-corrected chi connectivity index (χ0v) is 14.6. The minimum Gasteiger partial charge on any atom is -0.387 e. The lowest BCUT2D eigenvalue weighted by atomic mass is 9.95. The number of hydrogen-bond donors (Lipinski definition) is 1. The molecule has 0 amide bonds. The molecule has 1 aromatic heterocycles. The molecule has 1 unspecified atom stereocenters. The summed E-state index contributed by atoms with van der Waals surface area (Å²) >= 11 is 0. The second-order valence-corrected chi connectivity index (χ2v) is 7.18. The molecule has 1 saturated carbocycles. The second-order valence-electron chi connectivity index (χ2n) is 7.18. The van der Waals surface area contributed by atoms with Crippen LogP contribution >= 0.6 is 0 Å². The summed E-state index contributed by atoms with van der Waals surface area (Å²) in [6, 6.07) is 6.56. The first-order chi connectivity index (χ1) is 12.1. The van der Waals surface area contributed by atoms with Gasteiger partial charge >= 0.3 is 0 Å². The smallest absolute Gasteiger partial charge is 0.136 e. The third-order valence-corrected chi connectivity index (χ3v) is 5.16. The number of hydrogen-bond acceptors (Lipinski definition) is 4. The van der Waals surface area contributed by atoms with E-state index in [0.29, 0.717) is 12.6 Å². The summed E-state index contributed by atoms with van der Waals surface area (Å²) in [5.41, 5.74) is 3.18. The number of aliphatic hydroxyl groups excluding tert-OH is 1. The lowest BCUT2D eigenvalue weighted by Gasteiger charge is -2.30. The summed E-state index contributed by atoms with van der Waals surface area (Å²) in [7, 11) is 0. The Hall–Kier alpha value is -2.01. The molecule has 2 aliphatic carbocycles. The average molecular weight is 341 g/mol. The lowest BCUT2D eigenvalue weighted by Crippen LogP contribution is -2.33. The second kappa shape index (κ2) is 6.71. The maximum Gasteiger partial charge on any atom is 0.136 e. The number of rotatable bonds is 5. The van der Waals surface area contributed by atoms with Crippen LogP contribution in [-0.2, 0) is 12.8 Å². The number of aromatic nitrogens is 2. The fourth-order valence-corrected chi connectivity index (χ4v) is 3.70. The van der Waals surface area contributed by atoms with Crippen molar-refractivity contribution in [3.8, 4) is 0 Å². The SMILES string of the molecule is Cc1nc2c(c(N(CC(O)c3ccc(F)cc3)C3CC3)n1)CCCC2. The van der Waals surface area contributed by atoms with E-state index in [4.69, 9.17) is 4.98 Å². The molecule has 1 N–H and O–H groups in total. The topological polar surface area (TPSA) is 49.2 Å². The molecule has 132 valence electrons. The number of anilines is 1. The summed E-state index contributed by atoms with van der Waals surface area (Å²) in [6.07, 6.45) is 6.00. The number of fused-ring (bicyclic) bond motifs is 1. The minimum absolute atomic E-state index is 0.282. The van der Waals surface area contributed by atoms with Crippen LogP contribution in [0.1, 0.15) is 54.4 Å². The van der Waals surface area contributed by atoms with Crippen molar-refractivity contribution >= 4 is 5.82 Å². The quantitative estimate of drug-likeness (QED) is 0.904. The first-order valence-corrected chi connectivity index (χ1v) is 9.18. The molecule has 2 aliphatic rings. The van der Waals surface area contributed by atoms with Gasteiger partial charge in [-0.2, -0.15) is 0 Å². The highest BCUT2D eigenvalue weighted by atomic mass is 19.1. The van der Waals surface area contributed by atoms with Crippen LogP contribution in [0.15, 0.2) is 24.3 Å². The fourth-order valence-electron chi connectivity index (χ4n) is 3.70. The van der Waals surface area contributed by atoms with E-state index < -0.39 is 6.10 Å². The van der Waals surface area contributed by atoms with E-state index in [9.17, 15) is 9.50 Å². The molecule has 2 aromatic rings. The molecule has 0 saturated heterocycles. The third-order valence-electron chi connectivity index (χ3n) is 5.16. The van der Waals surface area contributed by atoms with Gasteiger partial charge in [-0.1, -0.05) is 12.1 Å². The Morgan fingerprint density at radius 3 is 2.60 bits per heavy atom. The Balaban J connectivity index is 1.64. The molecule has 0 bridgehead atoms. The van der Waals surface area contributed by atoms with Gasteiger partial charge in [-0.3, -0.25) is 0 Å². The van der Waals surface area contributed by atoms with Crippen molar-refractivity contribution in [2.75, 3.05) is 11.4 Å². The summed E-state index contributed by atoms with van der Waals surface area (Å²) in [5.74, 6) is 1.53. The Bertz CT molecular complexity index is 758. The van der Waals surface area contributed by atoms with E-state index in [1.807, 2.05) is 6.92 Å². The van der Waals surface area contributed by atoms with E-state index in [1.54, 1.807) is 12.1 Å². The van der Waals surface area contributed by atoms with Gasteiger partial charge in [-0.15, -0.1) is 0 Å². The zero-order chi connectivity index (χ0) is 17.4. The summed E-state index contributed by atoms with van der Waals surface area (Å²) in [4.78, 5) is 11.7. The maximum atomic E-state index is 13.1. The fraction of sp³-hybridized carbons (Fsp3) is 0.500. The molecule has 1 aromatic carbocycles. The predicted octanol–water partition coefficient (Wildman–Crippen LogP) is 3.51. The molecule has 25 heavy (non-hydrogen) atoms. The van der Waals surface area contributed by atoms with Gasteiger partial charge in [-0.05, 0) is 63.1 Å². The standard InChI is InChI=1S/C20H24FN3O/c1-13-22-18-5-3-2-4-17(18)20(23-13)24(16-10-11-16)12-19(25)14-6-8-15(21)9-7-14/h6-9,16,19,25H,2-5,10-12H2,1H3. The Kier molecular flexibility index (Phi) is 4.42. The van der Waals surface area contributed by atoms with Crippen molar-refractivity contribution in [2.24, 2.45) is 0 Å². The number of nitrogens with zero attached hydrogens (tertiary/aromatic N) is 3. The van der Waals surface area contributed by atoms with E-state index in [0.717, 1.165) is 42.9 Å². The normalized spacial score (nSPS) is 17.9. The summed E-state index contributed by atoms with van der Waals surface area (Å²) in [5, 5.41) is 10.7. The van der Waals surface area contributed by atoms with Gasteiger partial charge in [0.15, 0.2) is 0 Å². The van der Waals surface area contributed by atoms with E-state index >= 15 is 0 Å². The largest absolute Gasteiger partial charge is 0.387 e. The van der Waals surface area contributed by atoms with Crippen LogP contribution in [0.5, 0.6) is 0 Å². The van der Waals surface area contributed by atoms with Crippen LogP contribution in [0.4, 0.5) is 10.2 Å². The summed E-state index contributed by atoms with van der Waals surface area (Å²) in [6.45, 7) is 2.43. The van der Waals surface area contributed by atoms with Crippen molar-refractivity contribution in [3.05, 3.63) is 52.7 Å². The molecule has 5 heteroatoms. The van der Waals surface area contributed by atoms with Gasteiger partial charge in [0.05, 0.1) is 6.10 Å². The lowest BCUT2D eigenvalue weighted by molar-refractivity contribution is 0.182. The van der Waals surface area contributed by atoms with Crippen molar-refractivity contribution in [2.45, 2.75) is 57.6 Å². The van der Waals surface area contributed by atoms with E-state index in [1.165, 1.54) is 36.2 Å². The van der Waals surface area contributed by atoms with Gasteiger partial charge in [0.25, 0.3) is 0 Å². The third kappa shape index (κ3) is 3.52. The van der Waals surface area contributed by atoms with Gasteiger partial charge in [0.2, 0.25) is 0 Å². The van der Waals surface area contributed by atoms with Gasteiger partial charge in [0.1, 0.15) is 17.5 Å². The van der Waals surface area contributed by atoms with Crippen molar-refractivity contribution in [1.29, 1.82) is 0 Å². The molecule has 0 radical (unpaired) electrons. The van der Waals surface area contributed by atoms with Crippen LogP contribution in [0.25, 0.3) is 0 Å². The Morgan fingerprint density at radius 2 is 1.88 bits per heavy atom. The number of halogens is 1. The molecule has 0 spiro atoms. The van der Waals surface area contributed by atoms with Gasteiger partial charge in [0, 0.05) is 23.8 Å². The Labute approximate surface area is 147 Å². The highest BCUT2D eigenvalue weighted by Gasteiger charge is 2.34. The molecular weight excluding hydrogens is 317 g/mol. The van der Waals surface area contributed by atoms with Gasteiger partial charge in [-0.25, -0.2) is 14.4 Å². The first kappa shape index (κ1) is 16.5. The van der Waals surface area contributed by atoms with Crippen LogP contribution in [0.2, 0.25) is 0 Å². The molecule has 1 atom stereocenters.